The number of fused-ring (bicyclic) bond motifs is 1. The van der Waals surface area contributed by atoms with Gasteiger partial charge in [-0.15, -0.1) is 12.4 Å². The van der Waals surface area contributed by atoms with Crippen molar-refractivity contribution < 1.29 is 9.13 Å². The normalized spacial score (nSPS) is 22.1. The molecule has 1 aromatic heterocycles. The number of nitrogens with zero attached hydrogens (tertiary/aromatic N) is 3. The number of nitrogen functional groups attached to an aromatic ring is 1. The van der Waals surface area contributed by atoms with E-state index in [2.05, 4.69) is 0 Å². The van der Waals surface area contributed by atoms with Crippen molar-refractivity contribution in [2.45, 2.75) is 31.8 Å². The van der Waals surface area contributed by atoms with Crippen LogP contribution in [0.5, 0.6) is 5.75 Å². The van der Waals surface area contributed by atoms with Crippen LogP contribution in [0.15, 0.2) is 15.7 Å². The van der Waals surface area contributed by atoms with Crippen LogP contribution < -0.4 is 32.5 Å². The van der Waals surface area contributed by atoms with Crippen molar-refractivity contribution in [1.29, 1.82) is 0 Å². The lowest BCUT2D eigenvalue weighted by atomic mass is 10.1. The predicted molar refractivity (Wildman–Crippen MR) is 104 cm³/mol. The van der Waals surface area contributed by atoms with Gasteiger partial charge in [-0.3, -0.25) is 9.36 Å². The van der Waals surface area contributed by atoms with Gasteiger partial charge in [-0.05, 0) is 24.8 Å². The SMILES string of the molecule is COc1c(N2C[C@@H](C)[C@H](N)C2)c(F)cc2c(=O)n(N)c(=O)n(C3CC3)c12.Cl. The fourth-order valence-electron chi connectivity index (χ4n) is 3.77. The van der Waals surface area contributed by atoms with Gasteiger partial charge in [0, 0.05) is 25.2 Å². The van der Waals surface area contributed by atoms with E-state index in [-0.39, 0.29) is 47.2 Å². The lowest BCUT2D eigenvalue weighted by molar-refractivity contribution is 0.412. The van der Waals surface area contributed by atoms with Crippen molar-refractivity contribution in [3.8, 4) is 5.75 Å². The van der Waals surface area contributed by atoms with Gasteiger partial charge in [0.1, 0.15) is 11.2 Å². The third-order valence-electron chi connectivity index (χ3n) is 5.39. The third-order valence-corrected chi connectivity index (χ3v) is 5.39. The Morgan fingerprint density at radius 3 is 2.44 bits per heavy atom. The Morgan fingerprint density at radius 1 is 1.26 bits per heavy atom. The molecule has 2 aromatic rings. The van der Waals surface area contributed by atoms with Gasteiger partial charge < -0.3 is 21.2 Å². The van der Waals surface area contributed by atoms with Crippen molar-refractivity contribution in [2.24, 2.45) is 11.7 Å². The Bertz CT molecular complexity index is 1010. The van der Waals surface area contributed by atoms with Crippen LogP contribution in [0.25, 0.3) is 10.9 Å². The van der Waals surface area contributed by atoms with E-state index in [0.29, 0.717) is 23.3 Å². The van der Waals surface area contributed by atoms with Gasteiger partial charge in [-0.25, -0.2) is 9.18 Å². The maximum absolute atomic E-state index is 15.0. The van der Waals surface area contributed by atoms with Crippen LogP contribution >= 0.6 is 12.4 Å². The van der Waals surface area contributed by atoms with Crippen LogP contribution in [0.1, 0.15) is 25.8 Å². The average molecular weight is 400 g/mol. The van der Waals surface area contributed by atoms with Crippen LogP contribution in [-0.4, -0.2) is 35.5 Å². The van der Waals surface area contributed by atoms with Gasteiger partial charge in [-0.1, -0.05) is 6.92 Å². The summed E-state index contributed by atoms with van der Waals surface area (Å²) in [6.45, 7) is 3.05. The minimum atomic E-state index is -0.739. The summed E-state index contributed by atoms with van der Waals surface area (Å²) in [5.41, 5.74) is 5.27. The number of halogens is 2. The highest BCUT2D eigenvalue weighted by Gasteiger charge is 2.35. The Kier molecular flexibility index (Phi) is 4.85. The van der Waals surface area contributed by atoms with E-state index in [0.717, 1.165) is 18.9 Å². The zero-order valence-electron chi connectivity index (χ0n) is 15.1. The Morgan fingerprint density at radius 2 is 1.93 bits per heavy atom. The second kappa shape index (κ2) is 6.72. The Labute approximate surface area is 160 Å². The van der Waals surface area contributed by atoms with Crippen molar-refractivity contribution >= 4 is 29.0 Å². The van der Waals surface area contributed by atoms with E-state index >= 15 is 0 Å². The summed E-state index contributed by atoms with van der Waals surface area (Å²) >= 11 is 0. The quantitative estimate of drug-likeness (QED) is 0.730. The first-order valence-electron chi connectivity index (χ1n) is 8.68. The van der Waals surface area contributed by atoms with Crippen LogP contribution in [0, 0.1) is 11.7 Å². The molecule has 8 nitrogen and oxygen atoms in total. The molecule has 2 atom stereocenters. The molecule has 27 heavy (non-hydrogen) atoms. The molecule has 2 aliphatic rings. The molecule has 4 N–H and O–H groups in total. The molecule has 2 fully saturated rings. The second-order valence-corrected chi connectivity index (χ2v) is 7.24. The fraction of sp³-hybridized carbons (Fsp3) is 0.529. The summed E-state index contributed by atoms with van der Waals surface area (Å²) in [5, 5.41) is 0.0358. The molecular formula is C17H23ClFN5O3. The first-order valence-corrected chi connectivity index (χ1v) is 8.68. The number of nitrogens with two attached hydrogens (primary N) is 2. The lowest BCUT2D eigenvalue weighted by Gasteiger charge is -2.24. The highest BCUT2D eigenvalue weighted by molar-refractivity contribution is 5.91. The molecule has 0 radical (unpaired) electrons. The van der Waals surface area contributed by atoms with Crippen LogP contribution in [0.3, 0.4) is 0 Å². The molecule has 0 amide bonds. The zero-order chi connectivity index (χ0) is 18.7. The smallest absolute Gasteiger partial charge is 0.350 e. The first-order chi connectivity index (χ1) is 12.3. The highest BCUT2D eigenvalue weighted by Crippen LogP contribution is 2.43. The molecule has 1 aromatic carbocycles. The highest BCUT2D eigenvalue weighted by atomic mass is 35.5. The van der Waals surface area contributed by atoms with E-state index in [1.807, 2.05) is 11.8 Å². The first kappa shape index (κ1) is 19.5. The molecular weight excluding hydrogens is 377 g/mol. The molecule has 2 heterocycles. The number of ether oxygens (including phenoxy) is 1. The molecule has 10 heteroatoms. The molecule has 1 aliphatic heterocycles. The number of hydrogen-bond donors (Lipinski definition) is 2. The van der Waals surface area contributed by atoms with E-state index in [9.17, 15) is 14.0 Å². The van der Waals surface area contributed by atoms with E-state index in [1.54, 1.807) is 0 Å². The van der Waals surface area contributed by atoms with Crippen molar-refractivity contribution in [3.05, 3.63) is 32.7 Å². The number of rotatable bonds is 3. The summed E-state index contributed by atoms with van der Waals surface area (Å²) in [4.78, 5) is 26.9. The second-order valence-electron chi connectivity index (χ2n) is 7.24. The minimum Gasteiger partial charge on any atom is -0.492 e. The third kappa shape index (κ3) is 2.85. The maximum Gasteiger partial charge on any atom is 0.350 e. The summed E-state index contributed by atoms with van der Waals surface area (Å²) in [7, 11) is 1.41. The molecule has 0 unspecified atom stereocenters. The van der Waals surface area contributed by atoms with Gasteiger partial charge in [0.25, 0.3) is 5.56 Å². The molecule has 0 bridgehead atoms. The zero-order valence-corrected chi connectivity index (χ0v) is 16.0. The molecule has 1 saturated heterocycles. The Balaban J connectivity index is 0.00000210. The Hall–Kier alpha value is -2.26. The van der Waals surface area contributed by atoms with Crippen molar-refractivity contribution in [3.63, 3.8) is 0 Å². The topological polar surface area (TPSA) is 109 Å². The average Bonchev–Trinajstić information content (AvgIpc) is 3.38. The number of benzene rings is 1. The van der Waals surface area contributed by atoms with E-state index < -0.39 is 17.1 Å². The summed E-state index contributed by atoms with van der Waals surface area (Å²) < 4.78 is 22.5. The van der Waals surface area contributed by atoms with E-state index in [4.69, 9.17) is 16.3 Å². The fourth-order valence-corrected chi connectivity index (χ4v) is 3.77. The summed E-state index contributed by atoms with van der Waals surface area (Å²) in [5.74, 6) is 5.42. The van der Waals surface area contributed by atoms with Gasteiger partial charge in [0.2, 0.25) is 0 Å². The number of methoxy groups -OCH3 is 1. The molecule has 4 rings (SSSR count). The predicted octanol–water partition coefficient (Wildman–Crippen LogP) is 0.565. The minimum absolute atomic E-state index is 0. The maximum atomic E-state index is 15.0. The summed E-state index contributed by atoms with van der Waals surface area (Å²) in [6, 6.07) is 0.996. The van der Waals surface area contributed by atoms with Gasteiger partial charge in [0.15, 0.2) is 11.6 Å². The number of anilines is 1. The summed E-state index contributed by atoms with van der Waals surface area (Å²) in [6.07, 6.45) is 1.60. The van der Waals surface area contributed by atoms with Crippen molar-refractivity contribution in [1.82, 2.24) is 9.24 Å². The van der Waals surface area contributed by atoms with Crippen LogP contribution in [-0.2, 0) is 0 Å². The number of hydrogen-bond acceptors (Lipinski definition) is 6. The van der Waals surface area contributed by atoms with Crippen LogP contribution in [0.2, 0.25) is 0 Å². The monoisotopic (exact) mass is 399 g/mol. The number of aromatic nitrogens is 2. The van der Waals surface area contributed by atoms with Gasteiger partial charge in [-0.2, -0.15) is 4.68 Å². The molecule has 0 spiro atoms. The van der Waals surface area contributed by atoms with Crippen LogP contribution in [0.4, 0.5) is 10.1 Å². The van der Waals surface area contributed by atoms with Gasteiger partial charge >= 0.3 is 5.69 Å². The van der Waals surface area contributed by atoms with Crippen molar-refractivity contribution in [2.75, 3.05) is 30.9 Å². The molecule has 1 aliphatic carbocycles. The standard InChI is InChI=1S/C17H22FN5O3.ClH/c1-8-6-21(7-12(8)19)14-11(18)5-10-13(15(14)26-2)22(9-3-4-9)17(25)23(20)16(10)24;/h5,8-9,12H,3-4,6-7,19-20H2,1-2H3;1H/t8-,12-;/m1./s1. The van der Waals surface area contributed by atoms with E-state index in [1.165, 1.54) is 11.7 Å². The molecule has 148 valence electrons. The molecule has 1 saturated carbocycles. The largest absolute Gasteiger partial charge is 0.492 e. The van der Waals surface area contributed by atoms with Gasteiger partial charge in [0.05, 0.1) is 12.5 Å². The lowest BCUT2D eigenvalue weighted by Crippen LogP contribution is -2.44.